The molecule has 5 N–H and O–H groups in total. The van der Waals surface area contributed by atoms with Crippen LogP contribution in [0.15, 0.2) is 94.9 Å². The molecule has 0 fully saturated rings. The Labute approximate surface area is 290 Å². The standard InChI is InChI=1S/C36H36N6O7S/c1-22-12-25(32(19-43)40-28-8-10-31-29(15-28)35(45)39-21-38-31)13-23(2)30(22)17-42(36(46)49-20-24-6-4-3-5-7-24)18-34(44)41-27-9-11-33(50(47)48)26(14-27)16-37/h3-15,19,21,32,40H,16-18,20,37H2,1-2H3,(H,41,44)(H,47,48)(H,38,39,45)/p-1. The highest BCUT2D eigenvalue weighted by molar-refractivity contribution is 7.79. The summed E-state index contributed by atoms with van der Waals surface area (Å²) >= 11 is -2.49. The first-order chi connectivity index (χ1) is 24.1. The van der Waals surface area contributed by atoms with Crippen molar-refractivity contribution < 1.29 is 27.9 Å². The number of carbonyl (C=O) groups excluding carboxylic acids is 3. The second-order valence-electron chi connectivity index (χ2n) is 11.6. The van der Waals surface area contributed by atoms with E-state index in [1.54, 1.807) is 18.2 Å². The van der Waals surface area contributed by atoms with E-state index in [9.17, 15) is 27.9 Å². The third-order valence-corrected chi connectivity index (χ3v) is 8.82. The Morgan fingerprint density at radius 2 is 1.76 bits per heavy atom. The maximum atomic E-state index is 13.4. The molecule has 14 heteroatoms. The minimum atomic E-state index is -2.49. The highest BCUT2D eigenvalue weighted by Gasteiger charge is 2.23. The molecule has 0 aliphatic carbocycles. The maximum Gasteiger partial charge on any atom is 0.410 e. The number of nitrogens with one attached hydrogen (secondary N) is 3. The Kier molecular flexibility index (Phi) is 11.5. The van der Waals surface area contributed by atoms with Gasteiger partial charge in [-0.1, -0.05) is 42.5 Å². The SMILES string of the molecule is Cc1cc(C(C=O)Nc2ccc3nc[nH]c(=O)c3c2)cc(C)c1CN(CC(=O)Nc1ccc(S(=O)[O-])c(CN)c1)C(=O)OCc1ccccc1. The van der Waals surface area contributed by atoms with Crippen LogP contribution in [0.25, 0.3) is 10.9 Å². The van der Waals surface area contributed by atoms with E-state index in [1.165, 1.54) is 29.4 Å². The second kappa shape index (κ2) is 16.1. The van der Waals surface area contributed by atoms with E-state index in [1.807, 2.05) is 56.3 Å². The molecule has 1 aromatic heterocycles. The first kappa shape index (κ1) is 35.6. The van der Waals surface area contributed by atoms with Gasteiger partial charge in [-0.3, -0.25) is 18.7 Å². The van der Waals surface area contributed by atoms with Crippen LogP contribution in [0, 0.1) is 13.8 Å². The number of rotatable bonds is 13. The zero-order chi connectivity index (χ0) is 35.8. The number of nitrogens with zero attached hydrogens (tertiary/aromatic N) is 2. The lowest BCUT2D eigenvalue weighted by Crippen LogP contribution is -2.38. The fourth-order valence-corrected chi connectivity index (χ4v) is 6.06. The molecule has 0 aliphatic rings. The van der Waals surface area contributed by atoms with Crippen LogP contribution in [0.4, 0.5) is 16.2 Å². The van der Waals surface area contributed by atoms with Crippen LogP contribution < -0.4 is 21.9 Å². The van der Waals surface area contributed by atoms with Crippen LogP contribution in [-0.2, 0) is 45.1 Å². The van der Waals surface area contributed by atoms with Gasteiger partial charge in [0.05, 0.1) is 23.8 Å². The minimum Gasteiger partial charge on any atom is -0.768 e. The number of aromatic nitrogens is 2. The van der Waals surface area contributed by atoms with E-state index in [0.717, 1.165) is 28.5 Å². The van der Waals surface area contributed by atoms with Gasteiger partial charge in [-0.05, 0) is 94.7 Å². The van der Waals surface area contributed by atoms with Gasteiger partial charge >= 0.3 is 6.09 Å². The molecule has 0 saturated heterocycles. The second-order valence-corrected chi connectivity index (χ2v) is 12.5. The number of anilines is 2. The predicted octanol–water partition coefficient (Wildman–Crippen LogP) is 4.37. The zero-order valence-corrected chi connectivity index (χ0v) is 28.1. The molecule has 4 aromatic carbocycles. The van der Waals surface area contributed by atoms with Gasteiger partial charge in [0.15, 0.2) is 0 Å². The van der Waals surface area contributed by atoms with E-state index >= 15 is 0 Å². The predicted molar refractivity (Wildman–Crippen MR) is 188 cm³/mol. The van der Waals surface area contributed by atoms with Gasteiger partial charge < -0.3 is 35.4 Å². The summed E-state index contributed by atoms with van der Waals surface area (Å²) in [6, 6.07) is 21.3. The Balaban J connectivity index is 1.37. The molecule has 5 aromatic rings. The summed E-state index contributed by atoms with van der Waals surface area (Å²) in [5.74, 6) is -0.540. The molecule has 258 valence electrons. The molecule has 5 rings (SSSR count). The van der Waals surface area contributed by atoms with Gasteiger partial charge in [0.1, 0.15) is 25.5 Å². The lowest BCUT2D eigenvalue weighted by atomic mass is 9.95. The number of aldehydes is 1. The number of fused-ring (bicyclic) bond motifs is 1. The summed E-state index contributed by atoms with van der Waals surface area (Å²) in [6.45, 7) is 3.26. The topological polar surface area (TPSA) is 200 Å². The van der Waals surface area contributed by atoms with Crippen LogP contribution in [0.3, 0.4) is 0 Å². The van der Waals surface area contributed by atoms with E-state index in [2.05, 4.69) is 20.6 Å². The maximum absolute atomic E-state index is 13.4. The molecule has 0 radical (unpaired) electrons. The number of carbonyl (C=O) groups is 3. The Bertz CT molecular complexity index is 2100. The van der Waals surface area contributed by atoms with Crippen molar-refractivity contribution in [3.8, 4) is 0 Å². The molecule has 2 amide bonds. The average molecular weight is 696 g/mol. The largest absolute Gasteiger partial charge is 0.768 e. The number of ether oxygens (including phenoxy) is 1. The number of aryl methyl sites for hydroxylation is 2. The van der Waals surface area contributed by atoms with Gasteiger partial charge in [0.2, 0.25) is 5.91 Å². The molecule has 13 nitrogen and oxygen atoms in total. The van der Waals surface area contributed by atoms with Crippen molar-refractivity contribution in [2.24, 2.45) is 5.73 Å². The van der Waals surface area contributed by atoms with Gasteiger partial charge in [0.25, 0.3) is 5.56 Å². The fraction of sp³-hybridized carbons (Fsp3) is 0.194. The summed E-state index contributed by atoms with van der Waals surface area (Å²) in [6.07, 6.45) is 1.37. The molecular weight excluding hydrogens is 660 g/mol. The third kappa shape index (κ3) is 8.66. The summed E-state index contributed by atoms with van der Waals surface area (Å²) in [7, 11) is 0. The molecule has 0 aliphatic heterocycles. The number of amides is 2. The zero-order valence-electron chi connectivity index (χ0n) is 27.3. The van der Waals surface area contributed by atoms with Crippen molar-refractivity contribution in [1.82, 2.24) is 14.9 Å². The van der Waals surface area contributed by atoms with Gasteiger partial charge in [0, 0.05) is 22.8 Å². The van der Waals surface area contributed by atoms with Crippen molar-refractivity contribution in [3.63, 3.8) is 0 Å². The first-order valence-electron chi connectivity index (χ1n) is 15.5. The van der Waals surface area contributed by atoms with E-state index in [-0.39, 0.29) is 36.7 Å². The lowest BCUT2D eigenvalue weighted by molar-refractivity contribution is -0.117. The van der Waals surface area contributed by atoms with Crippen molar-refractivity contribution in [2.75, 3.05) is 17.2 Å². The molecule has 2 atom stereocenters. The summed E-state index contributed by atoms with van der Waals surface area (Å²) in [4.78, 5) is 59.2. The molecule has 0 bridgehead atoms. The third-order valence-electron chi connectivity index (χ3n) is 8.07. The van der Waals surface area contributed by atoms with Gasteiger partial charge in [-0.15, -0.1) is 0 Å². The van der Waals surface area contributed by atoms with E-state index in [4.69, 9.17) is 10.5 Å². The summed E-state index contributed by atoms with van der Waals surface area (Å²) in [5.41, 5.74) is 10.9. The number of benzene rings is 4. The number of hydrogen-bond donors (Lipinski definition) is 4. The minimum absolute atomic E-state index is 0.00820. The van der Waals surface area contributed by atoms with Crippen LogP contribution in [0.5, 0.6) is 0 Å². The number of hydrogen-bond acceptors (Lipinski definition) is 10. The van der Waals surface area contributed by atoms with E-state index < -0.39 is 29.1 Å². The fourth-order valence-electron chi connectivity index (χ4n) is 5.53. The van der Waals surface area contributed by atoms with E-state index in [0.29, 0.717) is 33.4 Å². The van der Waals surface area contributed by atoms with Gasteiger partial charge in [-0.2, -0.15) is 0 Å². The molecular formula is C36H35N6O7S-. The Morgan fingerprint density at radius 3 is 2.44 bits per heavy atom. The number of nitrogens with two attached hydrogens (primary N) is 1. The van der Waals surface area contributed by atoms with Crippen molar-refractivity contribution >= 4 is 51.6 Å². The Hall–Kier alpha value is -5.70. The summed E-state index contributed by atoms with van der Waals surface area (Å²) in [5, 5.41) is 6.26. The highest BCUT2D eigenvalue weighted by Crippen LogP contribution is 2.26. The molecule has 50 heavy (non-hydrogen) atoms. The quantitative estimate of drug-likeness (QED) is 0.101. The average Bonchev–Trinajstić information content (AvgIpc) is 3.11. The molecule has 0 saturated carbocycles. The molecule has 2 unspecified atom stereocenters. The van der Waals surface area contributed by atoms with Gasteiger partial charge in [-0.25, -0.2) is 9.78 Å². The number of aromatic amines is 1. The lowest BCUT2D eigenvalue weighted by Gasteiger charge is -2.25. The summed E-state index contributed by atoms with van der Waals surface area (Å²) < 4.78 is 28.6. The smallest absolute Gasteiger partial charge is 0.410 e. The van der Waals surface area contributed by atoms with Crippen molar-refractivity contribution in [2.45, 2.75) is 44.5 Å². The van der Waals surface area contributed by atoms with Crippen LogP contribution in [-0.4, -0.2) is 48.5 Å². The Morgan fingerprint density at radius 1 is 1.04 bits per heavy atom. The number of H-pyrrole nitrogens is 1. The van der Waals surface area contributed by atoms with Crippen LogP contribution in [0.1, 0.15) is 39.4 Å². The first-order valence-corrected chi connectivity index (χ1v) is 16.6. The van der Waals surface area contributed by atoms with Crippen molar-refractivity contribution in [1.29, 1.82) is 0 Å². The molecule has 0 spiro atoms. The molecule has 1 heterocycles. The highest BCUT2D eigenvalue weighted by atomic mass is 32.2. The normalized spacial score (nSPS) is 12.2. The monoisotopic (exact) mass is 695 g/mol. The van der Waals surface area contributed by atoms with Crippen molar-refractivity contribution in [3.05, 3.63) is 129 Å². The van der Waals surface area contributed by atoms with Crippen LogP contribution >= 0.6 is 0 Å². The van der Waals surface area contributed by atoms with Crippen LogP contribution in [0.2, 0.25) is 0 Å².